The number of anilines is 1. The van der Waals surface area contributed by atoms with E-state index in [1.54, 1.807) is 6.07 Å². The average molecular weight is 313 g/mol. The minimum absolute atomic E-state index is 0.0315. The third-order valence-corrected chi connectivity index (χ3v) is 2.75. The molecular formula is C12H10F3N5S. The van der Waals surface area contributed by atoms with E-state index in [1.165, 1.54) is 18.6 Å². The van der Waals surface area contributed by atoms with Gasteiger partial charge in [-0.3, -0.25) is 0 Å². The van der Waals surface area contributed by atoms with Crippen LogP contribution in [0.4, 0.5) is 19.0 Å². The summed E-state index contributed by atoms with van der Waals surface area (Å²) in [6, 6.07) is 3.66. The molecule has 0 radical (unpaired) electrons. The Bertz CT molecular complexity index is 645. The lowest BCUT2D eigenvalue weighted by Gasteiger charge is -2.13. The third kappa shape index (κ3) is 3.85. The van der Waals surface area contributed by atoms with Crippen molar-refractivity contribution in [3.05, 3.63) is 47.7 Å². The largest absolute Gasteiger partial charge is 0.433 e. The van der Waals surface area contributed by atoms with Gasteiger partial charge in [-0.1, -0.05) is 12.2 Å². The van der Waals surface area contributed by atoms with Crippen LogP contribution in [0, 0.1) is 0 Å². The van der Waals surface area contributed by atoms with Crippen LogP contribution in [0.1, 0.15) is 17.0 Å². The summed E-state index contributed by atoms with van der Waals surface area (Å²) in [5.41, 5.74) is 5.30. The first-order chi connectivity index (χ1) is 9.88. The molecule has 2 rings (SSSR count). The molecule has 2 heterocycles. The monoisotopic (exact) mass is 313 g/mol. The van der Waals surface area contributed by atoms with Gasteiger partial charge in [0.15, 0.2) is 0 Å². The van der Waals surface area contributed by atoms with E-state index in [0.717, 1.165) is 6.07 Å². The Labute approximate surface area is 123 Å². The van der Waals surface area contributed by atoms with Crippen LogP contribution in [0.15, 0.2) is 30.7 Å². The van der Waals surface area contributed by atoms with Crippen molar-refractivity contribution in [2.45, 2.75) is 12.7 Å². The molecule has 0 unspecified atom stereocenters. The number of aromatic nitrogens is 3. The second kappa shape index (κ2) is 6.00. The summed E-state index contributed by atoms with van der Waals surface area (Å²) in [5.74, 6) is -0.0315. The van der Waals surface area contributed by atoms with Gasteiger partial charge in [0, 0.05) is 6.20 Å². The molecule has 0 atom stereocenters. The van der Waals surface area contributed by atoms with Gasteiger partial charge in [-0.2, -0.15) is 13.2 Å². The zero-order chi connectivity index (χ0) is 15.5. The number of nitrogens with one attached hydrogen (secondary N) is 1. The molecule has 2 aromatic rings. The number of pyridine rings is 1. The number of nitrogens with two attached hydrogens (primary N) is 1. The van der Waals surface area contributed by atoms with Crippen molar-refractivity contribution in [1.29, 1.82) is 0 Å². The molecule has 0 bridgehead atoms. The smallest absolute Gasteiger partial charge is 0.389 e. The van der Waals surface area contributed by atoms with E-state index in [2.05, 4.69) is 20.3 Å². The van der Waals surface area contributed by atoms with Gasteiger partial charge in [0.25, 0.3) is 0 Å². The maximum Gasteiger partial charge on any atom is 0.433 e. The van der Waals surface area contributed by atoms with Crippen LogP contribution >= 0.6 is 12.2 Å². The maximum absolute atomic E-state index is 12.7. The number of hydrogen-bond donors (Lipinski definition) is 2. The summed E-state index contributed by atoms with van der Waals surface area (Å²) < 4.78 is 38.1. The quantitative estimate of drug-likeness (QED) is 0.842. The van der Waals surface area contributed by atoms with E-state index in [4.69, 9.17) is 18.0 Å². The molecule has 0 fully saturated rings. The lowest BCUT2D eigenvalue weighted by molar-refractivity contribution is -0.141. The number of nitrogens with zero attached hydrogens (tertiary/aromatic N) is 3. The minimum atomic E-state index is -4.54. The first-order valence-electron chi connectivity index (χ1n) is 5.74. The molecule has 0 amide bonds. The third-order valence-electron chi connectivity index (χ3n) is 2.53. The van der Waals surface area contributed by atoms with Crippen molar-refractivity contribution in [2.24, 2.45) is 5.73 Å². The van der Waals surface area contributed by atoms with Crippen LogP contribution in [0.25, 0.3) is 0 Å². The van der Waals surface area contributed by atoms with Crippen molar-refractivity contribution in [1.82, 2.24) is 15.0 Å². The number of halogens is 3. The Morgan fingerprint density at radius 2 is 2.05 bits per heavy atom. The van der Waals surface area contributed by atoms with E-state index in [0.29, 0.717) is 5.69 Å². The normalized spacial score (nSPS) is 11.2. The van der Waals surface area contributed by atoms with Crippen molar-refractivity contribution >= 4 is 23.0 Å². The van der Waals surface area contributed by atoms with Crippen LogP contribution in [0.2, 0.25) is 0 Å². The van der Waals surface area contributed by atoms with Crippen molar-refractivity contribution in [3.8, 4) is 0 Å². The Balaban J connectivity index is 2.29. The highest BCUT2D eigenvalue weighted by molar-refractivity contribution is 7.80. The van der Waals surface area contributed by atoms with Gasteiger partial charge in [0.05, 0.1) is 17.8 Å². The van der Waals surface area contributed by atoms with Gasteiger partial charge in [0.2, 0.25) is 0 Å². The second-order valence-electron chi connectivity index (χ2n) is 4.01. The number of hydrogen-bond acceptors (Lipinski definition) is 5. The summed E-state index contributed by atoms with van der Waals surface area (Å²) in [6.45, 7) is 0.173. The molecule has 9 heteroatoms. The van der Waals surface area contributed by atoms with Crippen LogP contribution < -0.4 is 11.1 Å². The first-order valence-corrected chi connectivity index (χ1v) is 6.15. The molecular weight excluding hydrogens is 303 g/mol. The van der Waals surface area contributed by atoms with Crippen molar-refractivity contribution < 1.29 is 13.2 Å². The second-order valence-corrected chi connectivity index (χ2v) is 4.45. The Hall–Kier alpha value is -2.29. The molecule has 3 N–H and O–H groups in total. The molecule has 110 valence electrons. The molecule has 0 aliphatic heterocycles. The highest BCUT2D eigenvalue weighted by atomic mass is 32.1. The highest BCUT2D eigenvalue weighted by Crippen LogP contribution is 2.29. The lowest BCUT2D eigenvalue weighted by atomic mass is 10.2. The zero-order valence-electron chi connectivity index (χ0n) is 10.6. The van der Waals surface area contributed by atoms with Gasteiger partial charge in [-0.25, -0.2) is 15.0 Å². The SMILES string of the molecule is NC(=S)c1ccc(C(F)(F)F)nc1NCc1ccncn1. The van der Waals surface area contributed by atoms with Gasteiger partial charge in [-0.05, 0) is 18.2 Å². The predicted octanol–water partition coefficient (Wildman–Crippen LogP) is 2.14. The fourth-order valence-electron chi connectivity index (χ4n) is 1.55. The summed E-state index contributed by atoms with van der Waals surface area (Å²) in [7, 11) is 0. The van der Waals surface area contributed by atoms with Gasteiger partial charge >= 0.3 is 6.18 Å². The minimum Gasteiger partial charge on any atom is -0.389 e. The summed E-state index contributed by atoms with van der Waals surface area (Å²) >= 11 is 4.81. The van der Waals surface area contributed by atoms with Gasteiger partial charge < -0.3 is 11.1 Å². The standard InChI is InChI=1S/C12H10F3N5S/c13-12(14,15)9-2-1-8(10(16)21)11(20-9)18-5-7-3-4-17-6-19-7/h1-4,6H,5H2,(H2,16,21)(H,18,20). The van der Waals surface area contributed by atoms with Crippen LogP contribution in [0.5, 0.6) is 0 Å². The molecule has 0 saturated heterocycles. The number of thiocarbonyl (C=S) groups is 1. The molecule has 21 heavy (non-hydrogen) atoms. The fraction of sp³-hybridized carbons (Fsp3) is 0.167. The number of rotatable bonds is 4. The Morgan fingerprint density at radius 1 is 1.29 bits per heavy atom. The number of alkyl halides is 3. The van der Waals surface area contributed by atoms with Crippen molar-refractivity contribution in [3.63, 3.8) is 0 Å². The summed E-state index contributed by atoms with van der Waals surface area (Å²) in [4.78, 5) is 11.2. The van der Waals surface area contributed by atoms with E-state index >= 15 is 0 Å². The molecule has 0 spiro atoms. The Kier molecular flexibility index (Phi) is 4.32. The molecule has 0 aliphatic rings. The predicted molar refractivity (Wildman–Crippen MR) is 74.5 cm³/mol. The van der Waals surface area contributed by atoms with E-state index < -0.39 is 11.9 Å². The molecule has 0 saturated carbocycles. The molecule has 0 aliphatic carbocycles. The molecule has 2 aromatic heterocycles. The van der Waals surface area contributed by atoms with Crippen LogP contribution in [-0.2, 0) is 12.7 Å². The van der Waals surface area contributed by atoms with Crippen molar-refractivity contribution in [2.75, 3.05) is 5.32 Å². The summed E-state index contributed by atoms with van der Waals surface area (Å²) in [6.07, 6.45) is -1.68. The lowest BCUT2D eigenvalue weighted by Crippen LogP contribution is -2.17. The van der Waals surface area contributed by atoms with Crippen LogP contribution in [0.3, 0.4) is 0 Å². The van der Waals surface area contributed by atoms with Gasteiger partial charge in [0.1, 0.15) is 22.8 Å². The average Bonchev–Trinajstić information content (AvgIpc) is 2.45. The van der Waals surface area contributed by atoms with E-state index in [1.807, 2.05) is 0 Å². The fourth-order valence-corrected chi connectivity index (χ4v) is 1.71. The summed E-state index contributed by atoms with van der Waals surface area (Å²) in [5, 5.41) is 2.75. The van der Waals surface area contributed by atoms with Gasteiger partial charge in [-0.15, -0.1) is 0 Å². The topological polar surface area (TPSA) is 76.7 Å². The highest BCUT2D eigenvalue weighted by Gasteiger charge is 2.33. The Morgan fingerprint density at radius 3 is 2.62 bits per heavy atom. The van der Waals surface area contributed by atoms with E-state index in [9.17, 15) is 13.2 Å². The van der Waals surface area contributed by atoms with Crippen LogP contribution in [-0.4, -0.2) is 19.9 Å². The molecule has 0 aromatic carbocycles. The first kappa shape index (κ1) is 15.1. The zero-order valence-corrected chi connectivity index (χ0v) is 11.4. The maximum atomic E-state index is 12.7. The van der Waals surface area contributed by atoms with E-state index in [-0.39, 0.29) is 22.9 Å². The molecule has 5 nitrogen and oxygen atoms in total.